The lowest BCUT2D eigenvalue weighted by atomic mass is 9.69. The minimum atomic E-state index is -0.457. The van der Waals surface area contributed by atoms with E-state index in [9.17, 15) is 5.26 Å². The first-order valence-corrected chi connectivity index (χ1v) is 14.9. The summed E-state index contributed by atoms with van der Waals surface area (Å²) in [6.45, 7) is 0. The molecule has 2 nitrogen and oxygen atoms in total. The fourth-order valence-electron chi connectivity index (χ4n) is 7.98. The third-order valence-electron chi connectivity index (χ3n) is 9.71. The van der Waals surface area contributed by atoms with E-state index in [4.69, 9.17) is 0 Å². The first kappa shape index (κ1) is 24.1. The van der Waals surface area contributed by atoms with Crippen molar-refractivity contribution in [2.24, 2.45) is 0 Å². The second kappa shape index (κ2) is 8.99. The number of nitriles is 1. The average Bonchev–Trinajstić information content (AvgIpc) is 3.55. The van der Waals surface area contributed by atoms with Gasteiger partial charge >= 0.3 is 0 Å². The van der Waals surface area contributed by atoms with Crippen LogP contribution in [0.15, 0.2) is 140 Å². The third-order valence-corrected chi connectivity index (χ3v) is 9.71. The van der Waals surface area contributed by atoms with Gasteiger partial charge in [0.05, 0.1) is 11.0 Å². The summed E-state index contributed by atoms with van der Waals surface area (Å²) in [7, 11) is 0. The predicted octanol–water partition coefficient (Wildman–Crippen LogP) is 9.72. The van der Waals surface area contributed by atoms with E-state index in [0.717, 1.165) is 17.5 Å². The Bertz CT molecular complexity index is 2200. The van der Waals surface area contributed by atoms with E-state index >= 15 is 0 Å². The molecular formula is C41H26N2. The molecule has 0 saturated carbocycles. The zero-order valence-corrected chi connectivity index (χ0v) is 23.5. The molecule has 6 aromatic rings. The largest absolute Gasteiger partial charge is 0.263 e. The van der Waals surface area contributed by atoms with Gasteiger partial charge in [-0.25, -0.2) is 0 Å². The minimum Gasteiger partial charge on any atom is -0.263 e. The Balaban J connectivity index is 1.44. The molecule has 0 amide bonds. The molecule has 1 aromatic heterocycles. The van der Waals surface area contributed by atoms with Crippen LogP contribution in [0.2, 0.25) is 0 Å². The standard InChI is InChI=1S/C41H26N2/c42-23-26-20-29(25-43-24-26)28-18-19-34-38(21-28)41(36-16-8-6-13-31(36)32-14-7-9-17-37(32)41)39-22-35(27-10-2-1-3-11-27)30-12-4-5-15-33(30)40(34)39/h1-10,12-22,24-25,27H,11H2. The lowest BCUT2D eigenvalue weighted by Gasteiger charge is -2.32. The van der Waals surface area contributed by atoms with Crippen LogP contribution in [0.3, 0.4) is 0 Å². The molecule has 3 aliphatic carbocycles. The molecule has 2 heteroatoms. The Labute approximate surface area is 250 Å². The van der Waals surface area contributed by atoms with Gasteiger partial charge < -0.3 is 0 Å². The van der Waals surface area contributed by atoms with Crippen LogP contribution >= 0.6 is 0 Å². The Morgan fingerprint density at radius 2 is 1.40 bits per heavy atom. The molecule has 1 heterocycles. The highest BCUT2D eigenvalue weighted by Crippen LogP contribution is 2.64. The highest BCUT2D eigenvalue weighted by Gasteiger charge is 2.52. The van der Waals surface area contributed by atoms with Crippen LogP contribution < -0.4 is 0 Å². The lowest BCUT2D eigenvalue weighted by Crippen LogP contribution is -2.26. The molecule has 3 aliphatic rings. The number of fused-ring (bicyclic) bond motifs is 12. The first-order valence-electron chi connectivity index (χ1n) is 14.9. The highest BCUT2D eigenvalue weighted by atomic mass is 14.6. The van der Waals surface area contributed by atoms with Crippen molar-refractivity contribution in [2.75, 3.05) is 0 Å². The minimum absolute atomic E-state index is 0.322. The van der Waals surface area contributed by atoms with Gasteiger partial charge in [-0.05, 0) is 85.0 Å². The summed E-state index contributed by atoms with van der Waals surface area (Å²) >= 11 is 0. The van der Waals surface area contributed by atoms with Crippen LogP contribution in [0.1, 0.15) is 45.7 Å². The maximum atomic E-state index is 9.60. The van der Waals surface area contributed by atoms with Gasteiger partial charge in [-0.15, -0.1) is 0 Å². The number of benzene rings is 5. The van der Waals surface area contributed by atoms with E-state index in [-0.39, 0.29) is 0 Å². The summed E-state index contributed by atoms with van der Waals surface area (Å²) in [5.41, 5.74) is 14.0. The van der Waals surface area contributed by atoms with Crippen molar-refractivity contribution in [3.63, 3.8) is 0 Å². The molecule has 5 aromatic carbocycles. The van der Waals surface area contributed by atoms with Crippen LogP contribution in [0, 0.1) is 11.3 Å². The fourth-order valence-corrected chi connectivity index (χ4v) is 7.98. The monoisotopic (exact) mass is 546 g/mol. The second-order valence-corrected chi connectivity index (χ2v) is 11.8. The van der Waals surface area contributed by atoms with Crippen LogP contribution in [0.4, 0.5) is 0 Å². The zero-order chi connectivity index (χ0) is 28.5. The molecule has 0 aliphatic heterocycles. The summed E-state index contributed by atoms with van der Waals surface area (Å²) < 4.78 is 0. The van der Waals surface area contributed by atoms with Crippen molar-refractivity contribution < 1.29 is 0 Å². The Morgan fingerprint density at radius 3 is 2.14 bits per heavy atom. The van der Waals surface area contributed by atoms with E-state index in [1.54, 1.807) is 6.20 Å². The number of hydrogen-bond acceptors (Lipinski definition) is 2. The molecular weight excluding hydrogens is 520 g/mol. The van der Waals surface area contributed by atoms with Gasteiger partial charge in [0.25, 0.3) is 0 Å². The van der Waals surface area contributed by atoms with E-state index in [1.165, 1.54) is 60.8 Å². The van der Waals surface area contributed by atoms with Gasteiger partial charge in [0, 0.05) is 23.9 Å². The third kappa shape index (κ3) is 3.20. The molecule has 0 fully saturated rings. The topological polar surface area (TPSA) is 36.7 Å². The molecule has 0 radical (unpaired) electrons. The molecule has 43 heavy (non-hydrogen) atoms. The van der Waals surface area contributed by atoms with Crippen molar-refractivity contribution >= 4 is 10.8 Å². The van der Waals surface area contributed by atoms with Gasteiger partial charge in [-0.3, -0.25) is 4.98 Å². The molecule has 0 bridgehead atoms. The summed E-state index contributed by atoms with van der Waals surface area (Å²) in [4.78, 5) is 4.40. The van der Waals surface area contributed by atoms with E-state index in [0.29, 0.717) is 11.5 Å². The summed E-state index contributed by atoms with van der Waals surface area (Å²) in [5, 5.41) is 12.2. The van der Waals surface area contributed by atoms with Gasteiger partial charge in [-0.1, -0.05) is 115 Å². The maximum Gasteiger partial charge on any atom is 0.101 e. The number of rotatable bonds is 2. The van der Waals surface area contributed by atoms with Gasteiger partial charge in [0.15, 0.2) is 0 Å². The molecule has 0 saturated heterocycles. The smallest absolute Gasteiger partial charge is 0.101 e. The summed E-state index contributed by atoms with van der Waals surface area (Å²) in [5.74, 6) is 0.322. The first-order chi connectivity index (χ1) is 21.3. The number of nitrogens with zero attached hydrogens (tertiary/aromatic N) is 2. The molecule has 200 valence electrons. The zero-order valence-electron chi connectivity index (χ0n) is 23.5. The molecule has 1 spiro atoms. The fraction of sp³-hybridized carbons (Fsp3) is 0.0732. The Morgan fingerprint density at radius 1 is 0.651 bits per heavy atom. The Hall–Kier alpha value is -5.52. The van der Waals surface area contributed by atoms with Crippen LogP contribution in [0.5, 0.6) is 0 Å². The maximum absolute atomic E-state index is 9.60. The second-order valence-electron chi connectivity index (χ2n) is 11.8. The van der Waals surface area contributed by atoms with E-state index in [1.807, 2.05) is 12.3 Å². The van der Waals surface area contributed by atoms with Crippen molar-refractivity contribution in [1.82, 2.24) is 4.98 Å². The van der Waals surface area contributed by atoms with Gasteiger partial charge in [-0.2, -0.15) is 5.26 Å². The number of hydrogen-bond donors (Lipinski definition) is 0. The van der Waals surface area contributed by atoms with Crippen molar-refractivity contribution in [1.29, 1.82) is 5.26 Å². The predicted molar refractivity (Wildman–Crippen MR) is 174 cm³/mol. The number of aromatic nitrogens is 1. The summed E-state index contributed by atoms with van der Waals surface area (Å²) in [6.07, 6.45) is 13.5. The van der Waals surface area contributed by atoms with Crippen LogP contribution in [-0.2, 0) is 5.41 Å². The van der Waals surface area contributed by atoms with E-state index < -0.39 is 5.41 Å². The van der Waals surface area contributed by atoms with E-state index in [2.05, 4.69) is 132 Å². The summed E-state index contributed by atoms with van der Waals surface area (Å²) in [6, 6.07) is 40.5. The number of pyridine rings is 1. The normalized spacial score (nSPS) is 16.5. The quantitative estimate of drug-likeness (QED) is 0.216. The van der Waals surface area contributed by atoms with Crippen LogP contribution in [-0.4, -0.2) is 4.98 Å². The SMILES string of the molecule is N#Cc1cncc(-c2ccc3c(c2)C2(c4ccccc4-c4ccccc42)c2cc(C4C=CC=CC4)c4ccccc4c2-3)c1. The van der Waals surface area contributed by atoms with Crippen LogP contribution in [0.25, 0.3) is 44.2 Å². The molecule has 0 N–H and O–H groups in total. The van der Waals surface area contributed by atoms with Gasteiger partial charge in [0.1, 0.15) is 6.07 Å². The van der Waals surface area contributed by atoms with Crippen molar-refractivity contribution in [2.45, 2.75) is 17.8 Å². The van der Waals surface area contributed by atoms with Gasteiger partial charge in [0.2, 0.25) is 0 Å². The van der Waals surface area contributed by atoms with Crippen molar-refractivity contribution in [3.05, 3.63) is 173 Å². The average molecular weight is 547 g/mol. The molecule has 1 atom stereocenters. The lowest BCUT2D eigenvalue weighted by molar-refractivity contribution is 0.786. The molecule has 1 unspecified atom stereocenters. The van der Waals surface area contributed by atoms with Crippen molar-refractivity contribution in [3.8, 4) is 39.4 Å². The molecule has 9 rings (SSSR count). The highest BCUT2D eigenvalue weighted by molar-refractivity contribution is 6.08. The Kier molecular flexibility index (Phi) is 5.04. The number of allylic oxidation sites excluding steroid dienone is 4.